The smallest absolute Gasteiger partial charge is 0.246 e. The molecule has 2 N–H and O–H groups in total. The molecule has 3 aromatic carbocycles. The van der Waals surface area contributed by atoms with Crippen molar-refractivity contribution in [2.45, 2.75) is 12.8 Å². The number of H-pyrrole nitrogens is 1. The lowest BCUT2D eigenvalue weighted by Crippen LogP contribution is -2.40. The molecular weight excluding hydrogens is 424 g/mol. The SMILES string of the molecule is O=C(Nc1ccc(-c2nc3ccccc3[nH]2)cc1)C1CCN(C(=O)C=Cc2ccccc2)CC1. The Morgan fingerprint density at radius 2 is 1.62 bits per heavy atom. The van der Waals surface area contributed by atoms with Crippen LogP contribution in [0.3, 0.4) is 0 Å². The topological polar surface area (TPSA) is 78.1 Å². The largest absolute Gasteiger partial charge is 0.339 e. The Labute approximate surface area is 198 Å². The molecule has 170 valence electrons. The molecule has 0 aliphatic carbocycles. The average molecular weight is 451 g/mol. The number of aromatic amines is 1. The third-order valence-electron chi connectivity index (χ3n) is 6.21. The predicted octanol–water partition coefficient (Wildman–Crippen LogP) is 5.12. The van der Waals surface area contributed by atoms with Crippen molar-refractivity contribution in [3.05, 3.63) is 90.5 Å². The van der Waals surface area contributed by atoms with E-state index in [4.69, 9.17) is 0 Å². The number of nitrogens with one attached hydrogen (secondary N) is 2. The minimum absolute atomic E-state index is 0.00316. The lowest BCUT2D eigenvalue weighted by molar-refractivity contribution is -0.130. The molecule has 0 bridgehead atoms. The monoisotopic (exact) mass is 450 g/mol. The fourth-order valence-corrected chi connectivity index (χ4v) is 4.24. The number of hydrogen-bond donors (Lipinski definition) is 2. The number of para-hydroxylation sites is 2. The van der Waals surface area contributed by atoms with Crippen molar-refractivity contribution in [1.82, 2.24) is 14.9 Å². The molecule has 34 heavy (non-hydrogen) atoms. The molecule has 2 heterocycles. The second-order valence-electron chi connectivity index (χ2n) is 8.51. The van der Waals surface area contributed by atoms with Crippen LogP contribution >= 0.6 is 0 Å². The first-order chi connectivity index (χ1) is 16.7. The molecule has 5 rings (SSSR count). The summed E-state index contributed by atoms with van der Waals surface area (Å²) in [6.07, 6.45) is 4.76. The van der Waals surface area contributed by atoms with Crippen molar-refractivity contribution in [2.24, 2.45) is 5.92 Å². The van der Waals surface area contributed by atoms with Crippen LogP contribution in [0.4, 0.5) is 5.69 Å². The Morgan fingerprint density at radius 1 is 0.912 bits per heavy atom. The van der Waals surface area contributed by atoms with Crippen LogP contribution in [0.5, 0.6) is 0 Å². The van der Waals surface area contributed by atoms with E-state index >= 15 is 0 Å². The second kappa shape index (κ2) is 9.75. The molecule has 0 spiro atoms. The van der Waals surface area contributed by atoms with Crippen LogP contribution < -0.4 is 5.32 Å². The zero-order chi connectivity index (χ0) is 23.3. The number of hydrogen-bond acceptors (Lipinski definition) is 3. The van der Waals surface area contributed by atoms with E-state index in [0.717, 1.165) is 33.7 Å². The maximum absolute atomic E-state index is 12.8. The van der Waals surface area contributed by atoms with Gasteiger partial charge in [-0.3, -0.25) is 9.59 Å². The van der Waals surface area contributed by atoms with Gasteiger partial charge < -0.3 is 15.2 Å². The van der Waals surface area contributed by atoms with Crippen LogP contribution in [0, 0.1) is 5.92 Å². The fraction of sp³-hybridized carbons (Fsp3) is 0.179. The van der Waals surface area contributed by atoms with Crippen molar-refractivity contribution >= 4 is 34.6 Å². The number of likely N-dealkylation sites (tertiary alicyclic amines) is 1. The van der Waals surface area contributed by atoms with E-state index in [1.807, 2.05) is 89.8 Å². The van der Waals surface area contributed by atoms with E-state index in [1.165, 1.54) is 0 Å². The van der Waals surface area contributed by atoms with Gasteiger partial charge in [0.2, 0.25) is 11.8 Å². The quantitative estimate of drug-likeness (QED) is 0.414. The van der Waals surface area contributed by atoms with Gasteiger partial charge in [0.1, 0.15) is 5.82 Å². The van der Waals surface area contributed by atoms with Gasteiger partial charge in [-0.1, -0.05) is 42.5 Å². The van der Waals surface area contributed by atoms with E-state index in [9.17, 15) is 9.59 Å². The summed E-state index contributed by atoms with van der Waals surface area (Å²) in [5.74, 6) is 0.696. The Kier molecular flexibility index (Phi) is 6.21. The minimum Gasteiger partial charge on any atom is -0.339 e. The molecule has 1 fully saturated rings. The van der Waals surface area contributed by atoms with Crippen LogP contribution in [0.25, 0.3) is 28.5 Å². The number of piperidine rings is 1. The number of aromatic nitrogens is 2. The second-order valence-corrected chi connectivity index (χ2v) is 8.51. The van der Waals surface area contributed by atoms with Crippen LogP contribution in [0.2, 0.25) is 0 Å². The highest BCUT2D eigenvalue weighted by atomic mass is 16.2. The highest BCUT2D eigenvalue weighted by Crippen LogP contribution is 2.24. The Morgan fingerprint density at radius 3 is 2.35 bits per heavy atom. The summed E-state index contributed by atoms with van der Waals surface area (Å²) < 4.78 is 0. The van der Waals surface area contributed by atoms with Gasteiger partial charge >= 0.3 is 0 Å². The van der Waals surface area contributed by atoms with Crippen molar-refractivity contribution in [1.29, 1.82) is 0 Å². The molecule has 0 radical (unpaired) electrons. The number of benzene rings is 3. The van der Waals surface area contributed by atoms with Gasteiger partial charge in [0, 0.05) is 36.3 Å². The molecule has 1 aliphatic heterocycles. The molecule has 6 nitrogen and oxygen atoms in total. The predicted molar refractivity (Wildman–Crippen MR) is 135 cm³/mol. The number of carbonyl (C=O) groups excluding carboxylic acids is 2. The standard InChI is InChI=1S/C28H26N4O2/c33-26(15-10-20-6-2-1-3-7-20)32-18-16-22(17-19-32)28(34)29-23-13-11-21(12-14-23)27-30-24-8-4-5-9-25(24)31-27/h1-15,22H,16-19H2,(H,29,34)(H,30,31). The molecule has 1 aliphatic rings. The molecule has 0 atom stereocenters. The van der Waals surface area contributed by atoms with E-state index < -0.39 is 0 Å². The average Bonchev–Trinajstić information content (AvgIpc) is 3.33. The van der Waals surface area contributed by atoms with Gasteiger partial charge in [-0.2, -0.15) is 0 Å². The summed E-state index contributed by atoms with van der Waals surface area (Å²) in [4.78, 5) is 35.0. The number of fused-ring (bicyclic) bond motifs is 1. The fourth-order valence-electron chi connectivity index (χ4n) is 4.24. The van der Waals surface area contributed by atoms with E-state index in [1.54, 1.807) is 6.08 Å². The molecular formula is C28H26N4O2. The zero-order valence-corrected chi connectivity index (χ0v) is 18.8. The van der Waals surface area contributed by atoms with Crippen molar-refractivity contribution in [3.8, 4) is 11.4 Å². The van der Waals surface area contributed by atoms with Gasteiger partial charge in [-0.25, -0.2) is 4.98 Å². The number of nitrogens with zero attached hydrogens (tertiary/aromatic N) is 2. The summed E-state index contributed by atoms with van der Waals surface area (Å²) in [5.41, 5.74) is 4.64. The summed E-state index contributed by atoms with van der Waals surface area (Å²) in [6, 6.07) is 25.4. The van der Waals surface area contributed by atoms with Crippen molar-refractivity contribution in [3.63, 3.8) is 0 Å². The van der Waals surface area contributed by atoms with Crippen molar-refractivity contribution in [2.75, 3.05) is 18.4 Å². The van der Waals surface area contributed by atoms with Crippen LogP contribution in [0.15, 0.2) is 84.9 Å². The number of anilines is 1. The maximum atomic E-state index is 12.8. The number of carbonyl (C=O) groups is 2. The highest BCUT2D eigenvalue weighted by Gasteiger charge is 2.26. The Bertz CT molecular complexity index is 1280. The molecule has 4 aromatic rings. The van der Waals surface area contributed by atoms with E-state index in [-0.39, 0.29) is 17.7 Å². The van der Waals surface area contributed by atoms with Gasteiger partial charge in [-0.05, 0) is 60.9 Å². The minimum atomic E-state index is -0.0998. The first-order valence-corrected chi connectivity index (χ1v) is 11.5. The molecule has 6 heteroatoms. The molecule has 0 saturated carbocycles. The lowest BCUT2D eigenvalue weighted by Gasteiger charge is -2.30. The first-order valence-electron chi connectivity index (χ1n) is 11.5. The summed E-state index contributed by atoms with van der Waals surface area (Å²) in [6.45, 7) is 1.17. The molecule has 1 aromatic heterocycles. The van der Waals surface area contributed by atoms with Gasteiger partial charge in [-0.15, -0.1) is 0 Å². The first kappa shape index (κ1) is 21.6. The van der Waals surface area contributed by atoms with Gasteiger partial charge in [0.25, 0.3) is 0 Å². The third-order valence-corrected chi connectivity index (χ3v) is 6.21. The van der Waals surface area contributed by atoms with Crippen LogP contribution in [-0.2, 0) is 9.59 Å². The molecule has 2 amide bonds. The Hall–Kier alpha value is -4.19. The Balaban J connectivity index is 1.14. The molecule has 1 saturated heterocycles. The van der Waals surface area contributed by atoms with Crippen LogP contribution in [0.1, 0.15) is 18.4 Å². The van der Waals surface area contributed by atoms with E-state index in [2.05, 4.69) is 15.3 Å². The summed E-state index contributed by atoms with van der Waals surface area (Å²) in [7, 11) is 0. The maximum Gasteiger partial charge on any atom is 0.246 e. The van der Waals surface area contributed by atoms with E-state index in [0.29, 0.717) is 25.9 Å². The van der Waals surface area contributed by atoms with Crippen LogP contribution in [-0.4, -0.2) is 39.8 Å². The summed E-state index contributed by atoms with van der Waals surface area (Å²) in [5, 5.41) is 3.02. The number of rotatable bonds is 5. The molecule has 0 unspecified atom stereocenters. The zero-order valence-electron chi connectivity index (χ0n) is 18.8. The summed E-state index contributed by atoms with van der Waals surface area (Å²) >= 11 is 0. The lowest BCUT2D eigenvalue weighted by atomic mass is 9.95. The highest BCUT2D eigenvalue weighted by molar-refractivity contribution is 5.94. The van der Waals surface area contributed by atoms with Gasteiger partial charge in [0.05, 0.1) is 11.0 Å². The van der Waals surface area contributed by atoms with Gasteiger partial charge in [0.15, 0.2) is 0 Å². The third kappa shape index (κ3) is 4.91. The number of imidazole rings is 1. The number of amides is 2. The normalized spacial score (nSPS) is 14.5. The van der Waals surface area contributed by atoms with Crippen molar-refractivity contribution < 1.29 is 9.59 Å².